The van der Waals surface area contributed by atoms with E-state index in [1.165, 1.54) is 12.8 Å². The number of anilines is 1. The molecule has 7 heteroatoms. The number of ether oxygens (including phenoxy) is 1. The van der Waals surface area contributed by atoms with E-state index in [0.29, 0.717) is 31.9 Å². The van der Waals surface area contributed by atoms with E-state index >= 15 is 0 Å². The van der Waals surface area contributed by atoms with Crippen molar-refractivity contribution in [2.75, 3.05) is 31.2 Å². The molecular formula is C28H38N4O3. The Hall–Kier alpha value is -2.77. The van der Waals surface area contributed by atoms with Crippen molar-refractivity contribution in [3.05, 3.63) is 59.4 Å². The van der Waals surface area contributed by atoms with Gasteiger partial charge in [-0.1, -0.05) is 25.3 Å². The first-order chi connectivity index (χ1) is 17.1. The van der Waals surface area contributed by atoms with Gasteiger partial charge in [-0.05, 0) is 67.6 Å². The number of fused-ring (bicyclic) bond motifs is 1. The largest absolute Gasteiger partial charge is 0.381 e. The molecule has 2 aliphatic heterocycles. The van der Waals surface area contributed by atoms with Crippen LogP contribution in [0.4, 0.5) is 5.69 Å². The first kappa shape index (κ1) is 25.3. The number of carbonyl (C=O) groups is 2. The average molecular weight is 479 g/mol. The molecule has 2 aromatic rings. The topological polar surface area (TPSA) is 74.8 Å². The third-order valence-corrected chi connectivity index (χ3v) is 6.95. The minimum Gasteiger partial charge on any atom is -0.381 e. The Morgan fingerprint density at radius 3 is 2.57 bits per heavy atom. The van der Waals surface area contributed by atoms with Crippen molar-refractivity contribution in [1.82, 2.24) is 15.2 Å². The molecule has 1 saturated heterocycles. The van der Waals surface area contributed by atoms with Gasteiger partial charge in [0.1, 0.15) is 0 Å². The van der Waals surface area contributed by atoms with Crippen LogP contribution in [0.2, 0.25) is 0 Å². The van der Waals surface area contributed by atoms with Gasteiger partial charge in [0.15, 0.2) is 0 Å². The molecular weight excluding hydrogens is 440 g/mol. The minimum absolute atomic E-state index is 0.0431. The Bertz CT molecular complexity index is 975. The van der Waals surface area contributed by atoms with E-state index in [0.717, 1.165) is 62.0 Å². The zero-order chi connectivity index (χ0) is 24.5. The monoisotopic (exact) mass is 478 g/mol. The van der Waals surface area contributed by atoms with Crippen LogP contribution in [0, 0.1) is 0 Å². The Balaban J connectivity index is 1.63. The number of pyridine rings is 1. The molecule has 0 saturated carbocycles. The number of nitrogens with one attached hydrogen (secondary N) is 1. The third-order valence-electron chi connectivity index (χ3n) is 6.95. The molecule has 0 unspecified atom stereocenters. The van der Waals surface area contributed by atoms with Gasteiger partial charge in [0.2, 0.25) is 5.91 Å². The van der Waals surface area contributed by atoms with Crippen LogP contribution in [0.5, 0.6) is 0 Å². The highest BCUT2D eigenvalue weighted by molar-refractivity contribution is 5.97. The lowest BCUT2D eigenvalue weighted by atomic mass is 10.0. The Morgan fingerprint density at radius 1 is 1.06 bits per heavy atom. The zero-order valence-electron chi connectivity index (χ0n) is 20.9. The number of hydrogen-bond acceptors (Lipinski definition) is 5. The maximum Gasteiger partial charge on any atom is 0.251 e. The quantitative estimate of drug-likeness (QED) is 0.709. The lowest BCUT2D eigenvalue weighted by Crippen LogP contribution is -2.39. The predicted octanol–water partition coefficient (Wildman–Crippen LogP) is 4.31. The molecule has 0 atom stereocenters. The van der Waals surface area contributed by atoms with E-state index in [1.807, 2.05) is 35.4 Å². The van der Waals surface area contributed by atoms with Crippen LogP contribution in [0.3, 0.4) is 0 Å². The number of aromatic nitrogens is 1. The third kappa shape index (κ3) is 7.36. The lowest BCUT2D eigenvalue weighted by molar-refractivity contribution is -0.116. The second-order valence-electron chi connectivity index (χ2n) is 9.71. The molecule has 0 radical (unpaired) electrons. The van der Waals surface area contributed by atoms with Crippen LogP contribution in [-0.4, -0.2) is 54.0 Å². The number of benzene rings is 1. The van der Waals surface area contributed by atoms with E-state index in [2.05, 4.69) is 21.3 Å². The summed E-state index contributed by atoms with van der Waals surface area (Å²) in [5, 5.41) is 3.17. The van der Waals surface area contributed by atoms with Gasteiger partial charge >= 0.3 is 0 Å². The van der Waals surface area contributed by atoms with Crippen LogP contribution < -0.4 is 10.2 Å². The SMILES string of the molecule is CC(=O)N1CCCCCCCN(Cc2cccnc2)Cc2cc(C(=O)NC3CCOCC3)ccc21. The van der Waals surface area contributed by atoms with E-state index in [9.17, 15) is 9.59 Å². The van der Waals surface area contributed by atoms with E-state index in [4.69, 9.17) is 4.74 Å². The summed E-state index contributed by atoms with van der Waals surface area (Å²) < 4.78 is 5.42. The van der Waals surface area contributed by atoms with E-state index < -0.39 is 0 Å². The summed E-state index contributed by atoms with van der Waals surface area (Å²) in [4.78, 5) is 34.3. The number of hydrogen-bond donors (Lipinski definition) is 1. The zero-order valence-corrected chi connectivity index (χ0v) is 20.9. The molecule has 2 amide bonds. The smallest absolute Gasteiger partial charge is 0.251 e. The fourth-order valence-electron chi connectivity index (χ4n) is 5.02. The molecule has 1 N–H and O–H groups in total. The summed E-state index contributed by atoms with van der Waals surface area (Å²) in [7, 11) is 0. The van der Waals surface area contributed by atoms with Crippen molar-refractivity contribution >= 4 is 17.5 Å². The highest BCUT2D eigenvalue weighted by Gasteiger charge is 2.22. The van der Waals surface area contributed by atoms with Crippen molar-refractivity contribution in [2.45, 2.75) is 71.0 Å². The maximum atomic E-state index is 13.1. The molecule has 0 bridgehead atoms. The summed E-state index contributed by atoms with van der Waals surface area (Å²) in [5.74, 6) is -0.0134. The van der Waals surface area contributed by atoms with Gasteiger partial charge in [0.05, 0.1) is 0 Å². The Kier molecular flexibility index (Phi) is 9.26. The van der Waals surface area contributed by atoms with Crippen molar-refractivity contribution < 1.29 is 14.3 Å². The molecule has 3 heterocycles. The molecule has 35 heavy (non-hydrogen) atoms. The van der Waals surface area contributed by atoms with Crippen LogP contribution in [0.15, 0.2) is 42.7 Å². The number of nitrogens with zero attached hydrogens (tertiary/aromatic N) is 3. The summed E-state index contributed by atoms with van der Waals surface area (Å²) in [6.07, 6.45) is 11.0. The number of carbonyl (C=O) groups excluding carboxylic acids is 2. The fourth-order valence-corrected chi connectivity index (χ4v) is 5.02. The molecule has 1 fully saturated rings. The Labute approximate surface area is 208 Å². The van der Waals surface area contributed by atoms with Gasteiger partial charge < -0.3 is 15.0 Å². The van der Waals surface area contributed by atoms with Crippen molar-refractivity contribution in [2.24, 2.45) is 0 Å². The fraction of sp³-hybridized carbons (Fsp3) is 0.536. The van der Waals surface area contributed by atoms with E-state index in [1.54, 1.807) is 13.1 Å². The lowest BCUT2D eigenvalue weighted by Gasteiger charge is -2.29. The van der Waals surface area contributed by atoms with Gasteiger partial charge in [-0.2, -0.15) is 0 Å². The van der Waals surface area contributed by atoms with Crippen LogP contribution in [-0.2, 0) is 22.6 Å². The van der Waals surface area contributed by atoms with Crippen LogP contribution >= 0.6 is 0 Å². The number of rotatable bonds is 4. The predicted molar refractivity (Wildman–Crippen MR) is 137 cm³/mol. The summed E-state index contributed by atoms with van der Waals surface area (Å²) in [6.45, 7) is 6.14. The molecule has 188 valence electrons. The number of amides is 2. The summed E-state index contributed by atoms with van der Waals surface area (Å²) >= 11 is 0. The van der Waals surface area contributed by atoms with Gasteiger partial charge in [-0.15, -0.1) is 0 Å². The van der Waals surface area contributed by atoms with E-state index in [-0.39, 0.29) is 17.9 Å². The maximum absolute atomic E-state index is 13.1. The van der Waals surface area contributed by atoms with Crippen molar-refractivity contribution in [1.29, 1.82) is 0 Å². The first-order valence-corrected chi connectivity index (χ1v) is 13.0. The highest BCUT2D eigenvalue weighted by Crippen LogP contribution is 2.27. The van der Waals surface area contributed by atoms with Crippen LogP contribution in [0.25, 0.3) is 0 Å². The normalized spacial score (nSPS) is 18.7. The van der Waals surface area contributed by atoms with Crippen LogP contribution in [0.1, 0.15) is 73.4 Å². The van der Waals surface area contributed by atoms with Gasteiger partial charge in [-0.25, -0.2) is 0 Å². The Morgan fingerprint density at radius 2 is 1.83 bits per heavy atom. The highest BCUT2D eigenvalue weighted by atomic mass is 16.5. The van der Waals surface area contributed by atoms with Gasteiger partial charge in [0, 0.05) is 69.5 Å². The van der Waals surface area contributed by atoms with Gasteiger partial charge in [-0.3, -0.25) is 19.5 Å². The summed E-state index contributed by atoms with van der Waals surface area (Å²) in [5.41, 5.74) is 3.74. The molecule has 7 nitrogen and oxygen atoms in total. The molecule has 1 aromatic carbocycles. The molecule has 0 aliphatic carbocycles. The second-order valence-corrected chi connectivity index (χ2v) is 9.71. The van der Waals surface area contributed by atoms with Crippen molar-refractivity contribution in [3.63, 3.8) is 0 Å². The van der Waals surface area contributed by atoms with Gasteiger partial charge in [0.25, 0.3) is 5.91 Å². The molecule has 1 aromatic heterocycles. The average Bonchev–Trinajstić information content (AvgIpc) is 2.86. The molecule has 2 aliphatic rings. The molecule has 4 rings (SSSR count). The standard InChI is InChI=1S/C28H38N4O3/c1-22(33)32-15-6-4-2-3-5-14-31(20-23-8-7-13-29-19-23)21-25-18-24(9-10-27(25)32)28(34)30-26-11-16-35-17-12-26/h7-10,13,18-19,26H,2-6,11-12,14-17,20-21H2,1H3,(H,30,34). The van der Waals surface area contributed by atoms with Crippen molar-refractivity contribution in [3.8, 4) is 0 Å². The second kappa shape index (κ2) is 12.8. The first-order valence-electron chi connectivity index (χ1n) is 13.0. The minimum atomic E-state index is -0.0565. The summed E-state index contributed by atoms with van der Waals surface area (Å²) in [6, 6.07) is 10.0. The molecule has 0 spiro atoms.